The molecule has 0 atom stereocenters. The monoisotopic (exact) mass is 367 g/mol. The quantitative estimate of drug-likeness (QED) is 0.663. The van der Waals surface area contributed by atoms with Crippen molar-refractivity contribution in [3.8, 4) is 5.88 Å². The molecule has 5 nitrogen and oxygen atoms in total. The third-order valence-electron chi connectivity index (χ3n) is 3.75. The van der Waals surface area contributed by atoms with Crippen molar-refractivity contribution in [2.24, 2.45) is 0 Å². The van der Waals surface area contributed by atoms with E-state index in [1.165, 1.54) is 5.56 Å². The Morgan fingerprint density at radius 1 is 1.19 bits per heavy atom. The SMILES string of the molecule is CCOc1ncccc1CNC(=O)Cc1csc(Cc2ccccc2)n1. The summed E-state index contributed by atoms with van der Waals surface area (Å²) in [4.78, 5) is 21.0. The Hall–Kier alpha value is -2.73. The highest BCUT2D eigenvalue weighted by atomic mass is 32.1. The van der Waals surface area contributed by atoms with E-state index in [-0.39, 0.29) is 12.3 Å². The molecule has 2 aromatic heterocycles. The lowest BCUT2D eigenvalue weighted by Gasteiger charge is -2.09. The van der Waals surface area contributed by atoms with Gasteiger partial charge in [0.2, 0.25) is 11.8 Å². The summed E-state index contributed by atoms with van der Waals surface area (Å²) in [7, 11) is 0. The van der Waals surface area contributed by atoms with Gasteiger partial charge in [0.05, 0.1) is 23.7 Å². The number of hydrogen-bond donors (Lipinski definition) is 1. The van der Waals surface area contributed by atoms with E-state index in [2.05, 4.69) is 27.4 Å². The van der Waals surface area contributed by atoms with Gasteiger partial charge in [-0.25, -0.2) is 9.97 Å². The van der Waals surface area contributed by atoms with E-state index in [9.17, 15) is 4.79 Å². The van der Waals surface area contributed by atoms with Gasteiger partial charge in [-0.05, 0) is 18.6 Å². The number of carbonyl (C=O) groups excluding carboxylic acids is 1. The third-order valence-corrected chi connectivity index (χ3v) is 4.64. The zero-order valence-electron chi connectivity index (χ0n) is 14.6. The van der Waals surface area contributed by atoms with Gasteiger partial charge in [0, 0.05) is 30.1 Å². The Kier molecular flexibility index (Phi) is 6.33. The molecule has 134 valence electrons. The number of hydrogen-bond acceptors (Lipinski definition) is 5. The first kappa shape index (κ1) is 18.1. The van der Waals surface area contributed by atoms with Crippen LogP contribution in [0.25, 0.3) is 0 Å². The molecule has 0 unspecified atom stereocenters. The van der Waals surface area contributed by atoms with Crippen molar-refractivity contribution in [2.75, 3.05) is 6.61 Å². The number of amides is 1. The van der Waals surface area contributed by atoms with Crippen LogP contribution in [0.15, 0.2) is 54.0 Å². The standard InChI is InChI=1S/C20H21N3O2S/c1-2-25-20-16(9-6-10-21-20)13-22-18(24)12-17-14-26-19(23-17)11-15-7-4-3-5-8-15/h3-10,14H,2,11-13H2,1H3,(H,22,24). The predicted octanol–water partition coefficient (Wildman–Crippen LogP) is 3.39. The number of nitrogens with one attached hydrogen (secondary N) is 1. The van der Waals surface area contributed by atoms with E-state index in [1.807, 2.05) is 42.6 Å². The molecule has 3 aromatic rings. The number of ether oxygens (including phenoxy) is 1. The lowest BCUT2D eigenvalue weighted by atomic mass is 10.2. The van der Waals surface area contributed by atoms with E-state index >= 15 is 0 Å². The molecule has 0 bridgehead atoms. The average Bonchev–Trinajstić information content (AvgIpc) is 3.09. The molecule has 0 aliphatic rings. The number of pyridine rings is 1. The molecule has 2 heterocycles. The number of thiazole rings is 1. The maximum absolute atomic E-state index is 12.2. The Balaban J connectivity index is 1.53. The van der Waals surface area contributed by atoms with Gasteiger partial charge in [-0.2, -0.15) is 0 Å². The zero-order valence-corrected chi connectivity index (χ0v) is 15.5. The van der Waals surface area contributed by atoms with Crippen LogP contribution >= 0.6 is 11.3 Å². The van der Waals surface area contributed by atoms with Crippen molar-refractivity contribution in [2.45, 2.75) is 26.3 Å². The minimum Gasteiger partial charge on any atom is -0.478 e. The van der Waals surface area contributed by atoms with Crippen molar-refractivity contribution in [3.63, 3.8) is 0 Å². The average molecular weight is 367 g/mol. The summed E-state index contributed by atoms with van der Waals surface area (Å²) in [5.74, 6) is 0.502. The molecule has 26 heavy (non-hydrogen) atoms. The van der Waals surface area contributed by atoms with E-state index in [0.29, 0.717) is 19.0 Å². The van der Waals surface area contributed by atoms with Crippen molar-refractivity contribution < 1.29 is 9.53 Å². The second kappa shape index (κ2) is 9.10. The highest BCUT2D eigenvalue weighted by molar-refractivity contribution is 7.09. The molecule has 0 saturated heterocycles. The molecule has 1 N–H and O–H groups in total. The molecule has 1 amide bonds. The number of rotatable bonds is 8. The highest BCUT2D eigenvalue weighted by Crippen LogP contribution is 2.16. The number of benzene rings is 1. The maximum atomic E-state index is 12.2. The first-order valence-corrected chi connectivity index (χ1v) is 9.43. The minimum atomic E-state index is -0.0622. The Labute approximate surface area is 157 Å². The summed E-state index contributed by atoms with van der Waals surface area (Å²) < 4.78 is 5.47. The number of aromatic nitrogens is 2. The molecular weight excluding hydrogens is 346 g/mol. The van der Waals surface area contributed by atoms with Crippen LogP contribution in [0.5, 0.6) is 5.88 Å². The first-order chi connectivity index (χ1) is 12.7. The van der Waals surface area contributed by atoms with Crippen LogP contribution in [0, 0.1) is 0 Å². The van der Waals surface area contributed by atoms with Crippen LogP contribution in [-0.2, 0) is 24.2 Å². The smallest absolute Gasteiger partial charge is 0.226 e. The second-order valence-electron chi connectivity index (χ2n) is 5.75. The molecule has 3 rings (SSSR count). The van der Waals surface area contributed by atoms with Gasteiger partial charge in [0.25, 0.3) is 0 Å². The van der Waals surface area contributed by atoms with Crippen molar-refractivity contribution >= 4 is 17.2 Å². The van der Waals surface area contributed by atoms with Crippen LogP contribution in [0.2, 0.25) is 0 Å². The normalized spacial score (nSPS) is 10.5. The Bertz CT molecular complexity index is 849. The zero-order chi connectivity index (χ0) is 18.2. The van der Waals surface area contributed by atoms with E-state index in [4.69, 9.17) is 4.74 Å². The van der Waals surface area contributed by atoms with E-state index in [1.54, 1.807) is 17.5 Å². The number of nitrogens with zero attached hydrogens (tertiary/aromatic N) is 2. The molecule has 0 spiro atoms. The second-order valence-corrected chi connectivity index (χ2v) is 6.69. The molecule has 6 heteroatoms. The molecule has 0 fully saturated rings. The minimum absolute atomic E-state index is 0.0622. The fraction of sp³-hybridized carbons (Fsp3) is 0.250. The van der Waals surface area contributed by atoms with Crippen LogP contribution in [0.1, 0.15) is 28.8 Å². The fourth-order valence-corrected chi connectivity index (χ4v) is 3.36. The van der Waals surface area contributed by atoms with Crippen molar-refractivity contribution in [1.29, 1.82) is 0 Å². The first-order valence-electron chi connectivity index (χ1n) is 8.55. The molecule has 0 saturated carbocycles. The summed E-state index contributed by atoms with van der Waals surface area (Å²) in [5, 5.41) is 5.88. The van der Waals surface area contributed by atoms with Gasteiger partial charge in [-0.15, -0.1) is 11.3 Å². The molecule has 0 aliphatic heterocycles. The summed E-state index contributed by atoms with van der Waals surface area (Å²) in [6.07, 6.45) is 2.75. The summed E-state index contributed by atoms with van der Waals surface area (Å²) in [6.45, 7) is 2.84. The third kappa shape index (κ3) is 5.13. The summed E-state index contributed by atoms with van der Waals surface area (Å²) in [5.41, 5.74) is 2.89. The summed E-state index contributed by atoms with van der Waals surface area (Å²) >= 11 is 1.59. The van der Waals surface area contributed by atoms with E-state index < -0.39 is 0 Å². The van der Waals surface area contributed by atoms with Gasteiger partial charge >= 0.3 is 0 Å². The van der Waals surface area contributed by atoms with Gasteiger partial charge in [-0.1, -0.05) is 36.4 Å². The van der Waals surface area contributed by atoms with Crippen molar-refractivity contribution in [3.05, 3.63) is 75.9 Å². The predicted molar refractivity (Wildman–Crippen MR) is 102 cm³/mol. The van der Waals surface area contributed by atoms with Crippen LogP contribution in [0.4, 0.5) is 0 Å². The molecule has 0 aliphatic carbocycles. The van der Waals surface area contributed by atoms with Gasteiger partial charge in [0.1, 0.15) is 0 Å². The number of carbonyl (C=O) groups is 1. The molecule has 0 radical (unpaired) electrons. The van der Waals surface area contributed by atoms with Gasteiger partial charge in [0.15, 0.2) is 0 Å². The van der Waals surface area contributed by atoms with Crippen LogP contribution in [0.3, 0.4) is 0 Å². The topological polar surface area (TPSA) is 64.1 Å². The van der Waals surface area contributed by atoms with Gasteiger partial charge < -0.3 is 10.1 Å². The molecule has 1 aromatic carbocycles. The molecular formula is C20H21N3O2S. The highest BCUT2D eigenvalue weighted by Gasteiger charge is 2.10. The largest absolute Gasteiger partial charge is 0.478 e. The van der Waals surface area contributed by atoms with Crippen molar-refractivity contribution in [1.82, 2.24) is 15.3 Å². The Morgan fingerprint density at radius 3 is 2.85 bits per heavy atom. The van der Waals surface area contributed by atoms with Crippen LogP contribution < -0.4 is 10.1 Å². The Morgan fingerprint density at radius 2 is 2.04 bits per heavy atom. The fourth-order valence-electron chi connectivity index (χ4n) is 2.53. The van der Waals surface area contributed by atoms with E-state index in [0.717, 1.165) is 22.7 Å². The lowest BCUT2D eigenvalue weighted by molar-refractivity contribution is -0.120. The lowest BCUT2D eigenvalue weighted by Crippen LogP contribution is -2.25. The summed E-state index contributed by atoms with van der Waals surface area (Å²) in [6, 6.07) is 13.9. The van der Waals surface area contributed by atoms with Gasteiger partial charge in [-0.3, -0.25) is 4.79 Å². The maximum Gasteiger partial charge on any atom is 0.226 e. The van der Waals surface area contributed by atoms with Crippen LogP contribution in [-0.4, -0.2) is 22.5 Å².